The lowest BCUT2D eigenvalue weighted by Gasteiger charge is -2.09. The number of halogens is 1. The zero-order valence-corrected chi connectivity index (χ0v) is 10.2. The van der Waals surface area contributed by atoms with Crippen LogP contribution in [-0.4, -0.2) is 21.2 Å². The Morgan fingerprint density at radius 1 is 0.882 bits per heavy atom. The van der Waals surface area contributed by atoms with Gasteiger partial charge < -0.3 is 5.11 Å². The first-order valence-electron chi connectivity index (χ1n) is 5.32. The summed E-state index contributed by atoms with van der Waals surface area (Å²) in [5.74, 6) is 0. The van der Waals surface area contributed by atoms with Crippen LogP contribution in [-0.2, 0) is 12.8 Å². The van der Waals surface area contributed by atoms with Crippen LogP contribution in [0.1, 0.15) is 11.4 Å². The molecule has 2 aromatic heterocycles. The summed E-state index contributed by atoms with van der Waals surface area (Å²) in [6.45, 7) is 0. The molecule has 0 aliphatic heterocycles. The molecule has 0 saturated carbocycles. The molecule has 2 rings (SSSR count). The van der Waals surface area contributed by atoms with E-state index in [0.717, 1.165) is 11.4 Å². The van der Waals surface area contributed by atoms with E-state index in [-0.39, 0.29) is 12.4 Å². The molecular formula is C13H15ClN2O. The molecule has 0 aliphatic rings. The highest BCUT2D eigenvalue weighted by atomic mass is 35.5. The second-order valence-electron chi connectivity index (χ2n) is 3.70. The summed E-state index contributed by atoms with van der Waals surface area (Å²) in [7, 11) is 0. The zero-order valence-electron chi connectivity index (χ0n) is 9.36. The quantitative estimate of drug-likeness (QED) is 0.903. The summed E-state index contributed by atoms with van der Waals surface area (Å²) in [5, 5.41) is 9.88. The largest absolute Gasteiger partial charge is 0.392 e. The summed E-state index contributed by atoms with van der Waals surface area (Å²) >= 11 is 0. The first-order chi connectivity index (χ1) is 7.84. The second-order valence-corrected chi connectivity index (χ2v) is 3.70. The van der Waals surface area contributed by atoms with E-state index in [1.165, 1.54) is 0 Å². The van der Waals surface area contributed by atoms with E-state index < -0.39 is 6.10 Å². The van der Waals surface area contributed by atoms with Crippen LogP contribution in [0.2, 0.25) is 0 Å². The standard InChI is InChI=1S/C13H14N2O.ClH/c16-13(9-11-5-1-3-7-14-11)10-12-6-2-4-8-15-12;/h1-8,13,16H,9-10H2;1H. The third kappa shape index (κ3) is 4.51. The lowest BCUT2D eigenvalue weighted by molar-refractivity contribution is 0.173. The molecule has 0 spiro atoms. The van der Waals surface area contributed by atoms with Gasteiger partial charge in [0.15, 0.2) is 0 Å². The molecule has 0 aromatic carbocycles. The molecule has 0 atom stereocenters. The molecule has 3 nitrogen and oxygen atoms in total. The van der Waals surface area contributed by atoms with Crippen LogP contribution < -0.4 is 0 Å². The third-order valence-electron chi connectivity index (χ3n) is 2.34. The zero-order chi connectivity index (χ0) is 11.2. The molecule has 0 amide bonds. The smallest absolute Gasteiger partial charge is 0.0651 e. The van der Waals surface area contributed by atoms with Crippen LogP contribution in [0.4, 0.5) is 0 Å². The Labute approximate surface area is 107 Å². The van der Waals surface area contributed by atoms with Crippen molar-refractivity contribution in [2.45, 2.75) is 18.9 Å². The maximum Gasteiger partial charge on any atom is 0.0651 e. The van der Waals surface area contributed by atoms with Crippen molar-refractivity contribution in [3.8, 4) is 0 Å². The molecule has 0 aliphatic carbocycles. The van der Waals surface area contributed by atoms with Gasteiger partial charge in [-0.1, -0.05) is 12.1 Å². The molecule has 0 radical (unpaired) electrons. The summed E-state index contributed by atoms with van der Waals surface area (Å²) in [6.07, 6.45) is 4.19. The molecule has 17 heavy (non-hydrogen) atoms. The highest BCUT2D eigenvalue weighted by molar-refractivity contribution is 5.85. The Bertz CT molecular complexity index is 380. The van der Waals surface area contributed by atoms with Crippen molar-refractivity contribution in [3.63, 3.8) is 0 Å². The Morgan fingerprint density at radius 2 is 1.35 bits per heavy atom. The molecule has 0 bridgehead atoms. The van der Waals surface area contributed by atoms with Crippen molar-refractivity contribution < 1.29 is 5.11 Å². The lowest BCUT2D eigenvalue weighted by Crippen LogP contribution is -2.15. The van der Waals surface area contributed by atoms with Gasteiger partial charge in [0.05, 0.1) is 6.10 Å². The number of aliphatic hydroxyl groups is 1. The van der Waals surface area contributed by atoms with Crippen molar-refractivity contribution >= 4 is 12.4 Å². The summed E-state index contributed by atoms with van der Waals surface area (Å²) < 4.78 is 0. The average molecular weight is 251 g/mol. The normalized spacial score (nSPS) is 10.0. The highest BCUT2D eigenvalue weighted by Gasteiger charge is 2.07. The van der Waals surface area contributed by atoms with E-state index in [1.54, 1.807) is 12.4 Å². The van der Waals surface area contributed by atoms with Crippen LogP contribution in [0.25, 0.3) is 0 Å². The number of rotatable bonds is 4. The minimum absolute atomic E-state index is 0. The van der Waals surface area contributed by atoms with E-state index in [0.29, 0.717) is 12.8 Å². The van der Waals surface area contributed by atoms with Crippen LogP contribution >= 0.6 is 12.4 Å². The van der Waals surface area contributed by atoms with Crippen LogP contribution in [0.15, 0.2) is 48.8 Å². The van der Waals surface area contributed by atoms with E-state index in [4.69, 9.17) is 0 Å². The van der Waals surface area contributed by atoms with Gasteiger partial charge in [0, 0.05) is 36.6 Å². The van der Waals surface area contributed by atoms with E-state index in [2.05, 4.69) is 9.97 Å². The lowest BCUT2D eigenvalue weighted by atomic mass is 10.1. The molecular weight excluding hydrogens is 236 g/mol. The summed E-state index contributed by atoms with van der Waals surface area (Å²) in [5.41, 5.74) is 1.82. The fraction of sp³-hybridized carbons (Fsp3) is 0.231. The van der Waals surface area contributed by atoms with Gasteiger partial charge in [-0.2, -0.15) is 0 Å². The molecule has 0 fully saturated rings. The minimum atomic E-state index is -0.426. The Balaban J connectivity index is 0.00000144. The van der Waals surface area contributed by atoms with Gasteiger partial charge in [-0.05, 0) is 24.3 Å². The monoisotopic (exact) mass is 250 g/mol. The molecule has 0 unspecified atom stereocenters. The summed E-state index contributed by atoms with van der Waals surface area (Å²) in [4.78, 5) is 8.36. The van der Waals surface area contributed by atoms with Crippen molar-refractivity contribution in [2.75, 3.05) is 0 Å². The van der Waals surface area contributed by atoms with E-state index >= 15 is 0 Å². The number of nitrogens with zero attached hydrogens (tertiary/aromatic N) is 2. The fourth-order valence-corrected chi connectivity index (χ4v) is 1.59. The Kier molecular flexibility index (Phi) is 5.60. The van der Waals surface area contributed by atoms with Crippen molar-refractivity contribution in [2.24, 2.45) is 0 Å². The SMILES string of the molecule is Cl.OC(Cc1ccccn1)Cc1ccccn1. The van der Waals surface area contributed by atoms with Gasteiger partial charge in [0.2, 0.25) is 0 Å². The van der Waals surface area contributed by atoms with Crippen LogP contribution in [0.3, 0.4) is 0 Å². The first kappa shape index (κ1) is 13.6. The number of aliphatic hydroxyl groups excluding tert-OH is 1. The van der Waals surface area contributed by atoms with Crippen molar-refractivity contribution in [1.29, 1.82) is 0 Å². The van der Waals surface area contributed by atoms with Gasteiger partial charge in [0.1, 0.15) is 0 Å². The fourth-order valence-electron chi connectivity index (χ4n) is 1.59. The molecule has 2 aromatic rings. The predicted molar refractivity (Wildman–Crippen MR) is 69.1 cm³/mol. The Morgan fingerprint density at radius 3 is 1.71 bits per heavy atom. The van der Waals surface area contributed by atoms with Crippen molar-refractivity contribution in [3.05, 3.63) is 60.2 Å². The molecule has 1 N–H and O–H groups in total. The number of aromatic nitrogens is 2. The molecule has 90 valence electrons. The van der Waals surface area contributed by atoms with Gasteiger partial charge in [-0.15, -0.1) is 12.4 Å². The topological polar surface area (TPSA) is 46.0 Å². The molecule has 4 heteroatoms. The van der Waals surface area contributed by atoms with Crippen molar-refractivity contribution in [1.82, 2.24) is 9.97 Å². The minimum Gasteiger partial charge on any atom is -0.392 e. The summed E-state index contributed by atoms with van der Waals surface area (Å²) in [6, 6.07) is 11.4. The van der Waals surface area contributed by atoms with Gasteiger partial charge in [-0.3, -0.25) is 9.97 Å². The van der Waals surface area contributed by atoms with E-state index in [1.807, 2.05) is 36.4 Å². The maximum atomic E-state index is 9.88. The van der Waals surface area contributed by atoms with Crippen LogP contribution in [0.5, 0.6) is 0 Å². The maximum absolute atomic E-state index is 9.88. The van der Waals surface area contributed by atoms with Gasteiger partial charge >= 0.3 is 0 Å². The van der Waals surface area contributed by atoms with Gasteiger partial charge in [0.25, 0.3) is 0 Å². The number of hydrogen-bond acceptors (Lipinski definition) is 3. The number of pyridine rings is 2. The third-order valence-corrected chi connectivity index (χ3v) is 2.34. The molecule has 0 saturated heterocycles. The first-order valence-corrected chi connectivity index (χ1v) is 5.32. The van der Waals surface area contributed by atoms with E-state index in [9.17, 15) is 5.11 Å². The second kappa shape index (κ2) is 6.99. The van der Waals surface area contributed by atoms with Crippen LogP contribution in [0, 0.1) is 0 Å². The number of hydrogen-bond donors (Lipinski definition) is 1. The molecule has 2 heterocycles. The highest BCUT2D eigenvalue weighted by Crippen LogP contribution is 2.05. The van der Waals surface area contributed by atoms with Gasteiger partial charge in [-0.25, -0.2) is 0 Å². The predicted octanol–water partition coefficient (Wildman–Crippen LogP) is 2.04. The Hall–Kier alpha value is -1.45. The average Bonchev–Trinajstić information content (AvgIpc) is 2.31.